The zero-order chi connectivity index (χ0) is 21.4. The van der Waals surface area contributed by atoms with Crippen molar-refractivity contribution in [1.29, 1.82) is 0 Å². The first-order chi connectivity index (χ1) is 15.1. The van der Waals surface area contributed by atoms with Crippen molar-refractivity contribution in [1.82, 2.24) is 14.7 Å². The summed E-state index contributed by atoms with van der Waals surface area (Å²) in [4.78, 5) is 25.4. The number of aromatic nitrogens is 2. The average molecular weight is 417 g/mol. The van der Waals surface area contributed by atoms with E-state index in [0.29, 0.717) is 24.9 Å². The van der Waals surface area contributed by atoms with E-state index in [1.165, 1.54) is 12.3 Å². The number of carbonyl (C=O) groups is 2. The molecule has 7 nitrogen and oxygen atoms in total. The van der Waals surface area contributed by atoms with E-state index < -0.39 is 5.97 Å². The summed E-state index contributed by atoms with van der Waals surface area (Å²) in [6, 6.07) is 19.5. The molecule has 0 unspecified atom stereocenters. The molecule has 1 N–H and O–H groups in total. The summed E-state index contributed by atoms with van der Waals surface area (Å²) in [7, 11) is 0. The lowest BCUT2D eigenvalue weighted by Crippen LogP contribution is -2.34. The fourth-order valence-corrected chi connectivity index (χ4v) is 4.76. The first-order valence-electron chi connectivity index (χ1n) is 10.5. The van der Waals surface area contributed by atoms with Gasteiger partial charge in [0.25, 0.3) is 0 Å². The first-order valence-corrected chi connectivity index (χ1v) is 10.5. The number of nitrogens with zero attached hydrogens (tertiary/aromatic N) is 3. The summed E-state index contributed by atoms with van der Waals surface area (Å²) in [5, 5.41) is 12.8. The van der Waals surface area contributed by atoms with E-state index in [4.69, 9.17) is 9.84 Å². The summed E-state index contributed by atoms with van der Waals surface area (Å²) in [5.74, 6) is 0.514. The number of fused-ring (bicyclic) bond motifs is 1. The summed E-state index contributed by atoms with van der Waals surface area (Å²) in [6.07, 6.45) is 3.36. The molecule has 0 radical (unpaired) electrons. The maximum Gasteiger partial charge on any atom is 0.356 e. The topological polar surface area (TPSA) is 84.7 Å². The van der Waals surface area contributed by atoms with Gasteiger partial charge in [-0.1, -0.05) is 42.5 Å². The second kappa shape index (κ2) is 7.91. The molecule has 2 heterocycles. The van der Waals surface area contributed by atoms with E-state index in [1.807, 2.05) is 30.3 Å². The van der Waals surface area contributed by atoms with E-state index in [1.54, 1.807) is 4.90 Å². The van der Waals surface area contributed by atoms with Crippen molar-refractivity contribution < 1.29 is 19.4 Å². The molecule has 5 rings (SSSR count). The van der Waals surface area contributed by atoms with Crippen molar-refractivity contribution in [3.8, 4) is 16.9 Å². The molecule has 3 aromatic rings. The van der Waals surface area contributed by atoms with Gasteiger partial charge >= 0.3 is 12.0 Å². The van der Waals surface area contributed by atoms with Crippen molar-refractivity contribution in [3.05, 3.63) is 72.6 Å². The van der Waals surface area contributed by atoms with Gasteiger partial charge in [0.15, 0.2) is 5.69 Å². The van der Waals surface area contributed by atoms with Gasteiger partial charge in [-0.3, -0.25) is 0 Å². The fourth-order valence-electron chi connectivity index (χ4n) is 4.76. The van der Waals surface area contributed by atoms with Crippen LogP contribution in [0.25, 0.3) is 11.1 Å². The normalized spacial score (nSPS) is 22.3. The Labute approximate surface area is 179 Å². The highest BCUT2D eigenvalue weighted by Gasteiger charge is 2.43. The predicted molar refractivity (Wildman–Crippen MR) is 114 cm³/mol. The van der Waals surface area contributed by atoms with Gasteiger partial charge in [0.1, 0.15) is 5.75 Å². The number of ether oxygens (including phenoxy) is 1. The van der Waals surface area contributed by atoms with Crippen molar-refractivity contribution in [3.63, 3.8) is 0 Å². The highest BCUT2D eigenvalue weighted by molar-refractivity contribution is 5.86. The van der Waals surface area contributed by atoms with Gasteiger partial charge in [0.2, 0.25) is 0 Å². The third kappa shape index (κ3) is 3.91. The fraction of sp³-hybridized carbons (Fsp3) is 0.292. The second-order valence-electron chi connectivity index (χ2n) is 8.26. The molecule has 0 bridgehead atoms. The highest BCUT2D eigenvalue weighted by atomic mass is 16.5. The van der Waals surface area contributed by atoms with Crippen LogP contribution in [-0.4, -0.2) is 51.0 Å². The Morgan fingerprint density at radius 1 is 0.935 bits per heavy atom. The number of aromatic carboxylic acids is 1. The minimum atomic E-state index is -1.14. The molecule has 31 heavy (non-hydrogen) atoms. The highest BCUT2D eigenvalue weighted by Crippen LogP contribution is 2.40. The second-order valence-corrected chi connectivity index (χ2v) is 8.26. The van der Waals surface area contributed by atoms with Gasteiger partial charge < -0.3 is 14.7 Å². The summed E-state index contributed by atoms with van der Waals surface area (Å²) >= 11 is 0. The van der Waals surface area contributed by atoms with Gasteiger partial charge in [0, 0.05) is 19.3 Å². The van der Waals surface area contributed by atoms with Gasteiger partial charge in [-0.05, 0) is 54.0 Å². The number of hydrogen-bond acceptors (Lipinski definition) is 4. The number of carboxylic acid groups (broad SMARTS) is 1. The quantitative estimate of drug-likeness (QED) is 0.693. The summed E-state index contributed by atoms with van der Waals surface area (Å²) in [6.45, 7) is 1.30. The summed E-state index contributed by atoms with van der Waals surface area (Å²) in [5.41, 5.74) is 2.17. The van der Waals surface area contributed by atoms with E-state index in [2.05, 4.69) is 29.4 Å². The van der Waals surface area contributed by atoms with E-state index in [9.17, 15) is 9.59 Å². The average Bonchev–Trinajstić information content (AvgIpc) is 3.49. The van der Waals surface area contributed by atoms with E-state index in [0.717, 1.165) is 34.4 Å². The zero-order valence-electron chi connectivity index (χ0n) is 16.9. The molecule has 2 fully saturated rings. The molecule has 2 aromatic carbocycles. The Morgan fingerprint density at radius 2 is 1.65 bits per heavy atom. The van der Waals surface area contributed by atoms with Crippen LogP contribution in [0.5, 0.6) is 5.75 Å². The van der Waals surface area contributed by atoms with Crippen LogP contribution in [-0.2, 0) is 0 Å². The molecule has 1 saturated carbocycles. The molecular weight excluding hydrogens is 394 g/mol. The first kappa shape index (κ1) is 19.4. The van der Waals surface area contributed by atoms with Crippen LogP contribution in [0.1, 0.15) is 23.3 Å². The smallest absolute Gasteiger partial charge is 0.356 e. The van der Waals surface area contributed by atoms with Crippen LogP contribution >= 0.6 is 0 Å². The van der Waals surface area contributed by atoms with Crippen LogP contribution in [0.2, 0.25) is 0 Å². The van der Waals surface area contributed by atoms with E-state index in [-0.39, 0.29) is 17.8 Å². The Bertz CT molecular complexity index is 1100. The van der Waals surface area contributed by atoms with Crippen LogP contribution in [0.3, 0.4) is 0 Å². The standard InChI is InChI=1S/C24H23N3O4/c28-23(29)22-9-10-27(25-22)24(30)26-14-18-12-21(13-19(18)15-26)31-20-8-4-7-17(11-20)16-5-2-1-3-6-16/h1-11,18-19,21H,12-15H2,(H,28,29)/t18-,19+,21+. The number of rotatable bonds is 4. The molecule has 1 aromatic heterocycles. The maximum atomic E-state index is 12.7. The third-order valence-electron chi connectivity index (χ3n) is 6.23. The number of benzene rings is 2. The molecule has 1 saturated heterocycles. The molecule has 158 valence electrons. The van der Waals surface area contributed by atoms with Gasteiger partial charge in [-0.2, -0.15) is 9.78 Å². The van der Waals surface area contributed by atoms with Crippen LogP contribution < -0.4 is 4.74 Å². The Morgan fingerprint density at radius 3 is 2.32 bits per heavy atom. The Kier molecular flexibility index (Phi) is 4.94. The van der Waals surface area contributed by atoms with E-state index >= 15 is 0 Å². The lowest BCUT2D eigenvalue weighted by molar-refractivity contribution is 0.0690. The molecule has 1 amide bonds. The van der Waals surface area contributed by atoms with Crippen molar-refractivity contribution in [2.45, 2.75) is 18.9 Å². The zero-order valence-corrected chi connectivity index (χ0v) is 16.9. The lowest BCUT2D eigenvalue weighted by Gasteiger charge is -2.20. The number of carbonyl (C=O) groups excluding carboxylic acids is 1. The number of amides is 1. The number of hydrogen-bond donors (Lipinski definition) is 1. The SMILES string of the molecule is O=C(O)c1ccn(C(=O)N2C[C@H]3C[C@H](Oc4cccc(-c5ccccc5)c4)C[C@H]3C2)n1. The van der Waals surface area contributed by atoms with Gasteiger partial charge in [0.05, 0.1) is 6.10 Å². The van der Waals surface area contributed by atoms with Crippen molar-refractivity contribution >= 4 is 12.0 Å². The minimum Gasteiger partial charge on any atom is -0.490 e. The van der Waals surface area contributed by atoms with Gasteiger partial charge in [-0.15, -0.1) is 0 Å². The maximum absolute atomic E-state index is 12.7. The Balaban J connectivity index is 1.20. The third-order valence-corrected chi connectivity index (χ3v) is 6.23. The monoisotopic (exact) mass is 417 g/mol. The number of carboxylic acids is 1. The van der Waals surface area contributed by atoms with Crippen molar-refractivity contribution in [2.24, 2.45) is 11.8 Å². The van der Waals surface area contributed by atoms with Gasteiger partial charge in [-0.25, -0.2) is 9.59 Å². The predicted octanol–water partition coefficient (Wildman–Crippen LogP) is 4.01. The molecule has 7 heteroatoms. The van der Waals surface area contributed by atoms with Crippen LogP contribution in [0, 0.1) is 11.8 Å². The molecule has 1 aliphatic carbocycles. The van der Waals surface area contributed by atoms with Crippen LogP contribution in [0.4, 0.5) is 4.79 Å². The molecule has 0 spiro atoms. The number of likely N-dealkylation sites (tertiary alicyclic amines) is 1. The summed E-state index contributed by atoms with van der Waals surface area (Å²) < 4.78 is 7.42. The lowest BCUT2D eigenvalue weighted by atomic mass is 10.0. The minimum absolute atomic E-state index is 0.126. The molecular formula is C24H23N3O4. The largest absolute Gasteiger partial charge is 0.490 e. The molecule has 2 aliphatic rings. The van der Waals surface area contributed by atoms with Crippen LogP contribution in [0.15, 0.2) is 66.9 Å². The molecule has 1 aliphatic heterocycles. The molecule has 3 atom stereocenters. The van der Waals surface area contributed by atoms with Crippen molar-refractivity contribution in [2.75, 3.05) is 13.1 Å². The Hall–Kier alpha value is -3.61.